The number of carbonyl (C=O) groups excluding carboxylic acids is 1. The molecule has 150 valence electrons. The van der Waals surface area contributed by atoms with Gasteiger partial charge in [0.15, 0.2) is 5.82 Å². The number of methoxy groups -OCH3 is 1. The van der Waals surface area contributed by atoms with Crippen LogP contribution >= 0.6 is 11.6 Å². The maximum absolute atomic E-state index is 12.4. The topological polar surface area (TPSA) is 69.0 Å². The molecule has 0 fully saturated rings. The number of benzene rings is 3. The van der Waals surface area contributed by atoms with Crippen LogP contribution in [0.15, 0.2) is 72.8 Å². The van der Waals surface area contributed by atoms with Crippen molar-refractivity contribution in [3.05, 3.63) is 88.9 Å². The third kappa shape index (κ3) is 4.18. The maximum Gasteiger partial charge on any atom is 0.336 e. The molecule has 30 heavy (non-hydrogen) atoms. The molecule has 0 aliphatic heterocycles. The van der Waals surface area contributed by atoms with Gasteiger partial charge in [0.05, 0.1) is 12.8 Å². The summed E-state index contributed by atoms with van der Waals surface area (Å²) in [6, 6.07) is 22.5. The van der Waals surface area contributed by atoms with Gasteiger partial charge in [-0.05, 0) is 49.4 Å². The van der Waals surface area contributed by atoms with Crippen LogP contribution in [-0.4, -0.2) is 27.8 Å². The van der Waals surface area contributed by atoms with E-state index in [1.54, 1.807) is 28.9 Å². The van der Waals surface area contributed by atoms with Gasteiger partial charge < -0.3 is 10.1 Å². The summed E-state index contributed by atoms with van der Waals surface area (Å²) in [4.78, 5) is 16.9. The van der Waals surface area contributed by atoms with Crippen LogP contribution in [0.5, 0.6) is 6.01 Å². The predicted octanol–water partition coefficient (Wildman–Crippen LogP) is 5.16. The van der Waals surface area contributed by atoms with Crippen LogP contribution in [0, 0.1) is 6.92 Å². The van der Waals surface area contributed by atoms with Crippen LogP contribution in [0.2, 0.25) is 5.02 Å². The number of halogens is 1. The van der Waals surface area contributed by atoms with E-state index in [2.05, 4.69) is 15.4 Å². The van der Waals surface area contributed by atoms with Gasteiger partial charge in [-0.2, -0.15) is 4.98 Å². The second-order valence-electron chi connectivity index (χ2n) is 6.71. The van der Waals surface area contributed by atoms with Gasteiger partial charge in [0, 0.05) is 21.8 Å². The second kappa shape index (κ2) is 8.39. The third-order valence-corrected chi connectivity index (χ3v) is 4.77. The van der Waals surface area contributed by atoms with E-state index in [0.29, 0.717) is 22.1 Å². The molecule has 0 aliphatic rings. The molecular weight excluding hydrogens is 400 g/mol. The van der Waals surface area contributed by atoms with E-state index in [1.165, 1.54) is 7.11 Å². The summed E-state index contributed by atoms with van der Waals surface area (Å²) in [6.45, 7) is 2.03. The zero-order valence-corrected chi connectivity index (χ0v) is 17.2. The monoisotopic (exact) mass is 418 g/mol. The fourth-order valence-corrected chi connectivity index (χ4v) is 3.16. The summed E-state index contributed by atoms with van der Waals surface area (Å²) in [5.74, 6) is 0.440. The lowest BCUT2D eigenvalue weighted by atomic mass is 10.1. The van der Waals surface area contributed by atoms with Crippen LogP contribution in [0.3, 0.4) is 0 Å². The van der Waals surface area contributed by atoms with Crippen molar-refractivity contribution in [2.75, 3.05) is 12.4 Å². The van der Waals surface area contributed by atoms with E-state index >= 15 is 0 Å². The van der Waals surface area contributed by atoms with Gasteiger partial charge in [0.2, 0.25) is 0 Å². The Hall–Kier alpha value is -3.64. The quantitative estimate of drug-likeness (QED) is 0.486. The molecule has 1 N–H and O–H groups in total. The molecule has 0 atom stereocenters. The highest BCUT2D eigenvalue weighted by Crippen LogP contribution is 2.25. The van der Waals surface area contributed by atoms with E-state index in [1.807, 2.05) is 55.5 Å². The Bertz CT molecular complexity index is 1180. The van der Waals surface area contributed by atoms with E-state index in [4.69, 9.17) is 16.3 Å². The van der Waals surface area contributed by atoms with E-state index in [0.717, 1.165) is 16.8 Å². The molecule has 7 heteroatoms. The fraction of sp³-hybridized carbons (Fsp3) is 0.0870. The summed E-state index contributed by atoms with van der Waals surface area (Å²) in [7, 11) is 1.53. The Labute approximate surface area is 179 Å². The lowest BCUT2D eigenvalue weighted by Crippen LogP contribution is -2.11. The first-order valence-electron chi connectivity index (χ1n) is 9.29. The van der Waals surface area contributed by atoms with Gasteiger partial charge in [-0.3, -0.25) is 4.79 Å². The Kier molecular flexibility index (Phi) is 5.50. The van der Waals surface area contributed by atoms with Crippen molar-refractivity contribution in [3.63, 3.8) is 0 Å². The highest BCUT2D eigenvalue weighted by molar-refractivity contribution is 6.31. The number of rotatable bonds is 5. The summed E-state index contributed by atoms with van der Waals surface area (Å²) >= 11 is 5.96. The maximum atomic E-state index is 12.4. The number of amides is 1. The number of aromatic nitrogens is 3. The highest BCUT2D eigenvalue weighted by atomic mass is 35.5. The summed E-state index contributed by atoms with van der Waals surface area (Å²) in [6.07, 6.45) is 0. The lowest BCUT2D eigenvalue weighted by Gasteiger charge is -2.09. The van der Waals surface area contributed by atoms with Crippen molar-refractivity contribution >= 4 is 23.2 Å². The lowest BCUT2D eigenvalue weighted by molar-refractivity contribution is 0.102. The van der Waals surface area contributed by atoms with Gasteiger partial charge in [0.1, 0.15) is 0 Å². The molecule has 0 aliphatic carbocycles. The average molecular weight is 419 g/mol. The Balaban J connectivity index is 1.60. The first-order chi connectivity index (χ1) is 14.5. The number of carbonyl (C=O) groups is 1. The first kappa shape index (κ1) is 19.7. The molecule has 1 amide bonds. The summed E-state index contributed by atoms with van der Waals surface area (Å²) in [5.41, 5.74) is 4.04. The minimum atomic E-state index is -0.229. The minimum Gasteiger partial charge on any atom is -0.466 e. The number of nitrogens with zero attached hydrogens (tertiary/aromatic N) is 3. The van der Waals surface area contributed by atoms with Gasteiger partial charge >= 0.3 is 6.01 Å². The molecule has 1 aromatic heterocycles. The van der Waals surface area contributed by atoms with Crippen molar-refractivity contribution in [3.8, 4) is 23.1 Å². The van der Waals surface area contributed by atoms with E-state index in [9.17, 15) is 4.79 Å². The largest absolute Gasteiger partial charge is 0.466 e. The molecule has 0 unspecified atom stereocenters. The van der Waals surface area contributed by atoms with E-state index < -0.39 is 0 Å². The SMILES string of the molecule is COc1nc(-c2ccc(C)cc2)n(-c2ccc(NC(=O)c3cccc(Cl)c3)cc2)n1. The molecule has 1 heterocycles. The van der Waals surface area contributed by atoms with Crippen molar-refractivity contribution in [2.24, 2.45) is 0 Å². The van der Waals surface area contributed by atoms with Crippen molar-refractivity contribution < 1.29 is 9.53 Å². The van der Waals surface area contributed by atoms with Gasteiger partial charge in [-0.1, -0.05) is 47.5 Å². The van der Waals surface area contributed by atoms with Crippen LogP contribution in [0.1, 0.15) is 15.9 Å². The standard InChI is InChI=1S/C23H19ClN4O2/c1-15-6-8-16(9-7-15)21-26-23(30-2)27-28(21)20-12-10-19(11-13-20)25-22(29)17-4-3-5-18(24)14-17/h3-14H,1-2H3,(H,25,29). The van der Waals surface area contributed by atoms with Crippen LogP contribution in [0.4, 0.5) is 5.69 Å². The highest BCUT2D eigenvalue weighted by Gasteiger charge is 2.14. The van der Waals surface area contributed by atoms with Crippen molar-refractivity contribution in [1.82, 2.24) is 14.8 Å². The number of anilines is 1. The fourth-order valence-electron chi connectivity index (χ4n) is 2.97. The Morgan fingerprint density at radius 2 is 1.77 bits per heavy atom. The molecule has 4 rings (SSSR count). The number of hydrogen-bond acceptors (Lipinski definition) is 4. The smallest absolute Gasteiger partial charge is 0.336 e. The summed E-state index contributed by atoms with van der Waals surface area (Å²) < 4.78 is 6.94. The van der Waals surface area contributed by atoms with Gasteiger partial charge in [-0.15, -0.1) is 5.10 Å². The Morgan fingerprint density at radius 3 is 2.43 bits per heavy atom. The van der Waals surface area contributed by atoms with Gasteiger partial charge in [-0.25, -0.2) is 4.68 Å². The molecule has 3 aromatic carbocycles. The molecule has 0 saturated carbocycles. The predicted molar refractivity (Wildman–Crippen MR) is 117 cm³/mol. The number of nitrogens with one attached hydrogen (secondary N) is 1. The molecule has 0 bridgehead atoms. The molecule has 0 spiro atoms. The number of hydrogen-bond donors (Lipinski definition) is 1. The second-order valence-corrected chi connectivity index (χ2v) is 7.15. The number of ether oxygens (including phenoxy) is 1. The third-order valence-electron chi connectivity index (χ3n) is 4.54. The molecule has 6 nitrogen and oxygen atoms in total. The number of aryl methyl sites for hydroxylation is 1. The Morgan fingerprint density at radius 1 is 1.03 bits per heavy atom. The van der Waals surface area contributed by atoms with Crippen molar-refractivity contribution in [2.45, 2.75) is 6.92 Å². The van der Waals surface area contributed by atoms with E-state index in [-0.39, 0.29) is 11.9 Å². The molecule has 0 saturated heterocycles. The molecular formula is C23H19ClN4O2. The zero-order valence-electron chi connectivity index (χ0n) is 16.5. The first-order valence-corrected chi connectivity index (χ1v) is 9.67. The van der Waals surface area contributed by atoms with Crippen LogP contribution < -0.4 is 10.1 Å². The van der Waals surface area contributed by atoms with Crippen LogP contribution in [-0.2, 0) is 0 Å². The minimum absolute atomic E-state index is 0.229. The molecule has 0 radical (unpaired) electrons. The zero-order chi connectivity index (χ0) is 21.1. The molecule has 4 aromatic rings. The van der Waals surface area contributed by atoms with Crippen molar-refractivity contribution in [1.29, 1.82) is 0 Å². The normalized spacial score (nSPS) is 10.6. The average Bonchev–Trinajstić information content (AvgIpc) is 3.19. The van der Waals surface area contributed by atoms with Crippen LogP contribution in [0.25, 0.3) is 17.1 Å². The van der Waals surface area contributed by atoms with Gasteiger partial charge in [0.25, 0.3) is 5.91 Å². The summed E-state index contributed by atoms with van der Waals surface area (Å²) in [5, 5.41) is 7.81.